The molecule has 3 aromatic carbocycles. The van der Waals surface area contributed by atoms with E-state index in [-0.39, 0.29) is 18.1 Å². The smallest absolute Gasteiger partial charge is 0.0846 e. The van der Waals surface area contributed by atoms with Gasteiger partial charge in [0.25, 0.3) is 0 Å². The summed E-state index contributed by atoms with van der Waals surface area (Å²) in [5.41, 5.74) is 2.38. The normalized spacial score (nSPS) is 20.7. The Bertz CT molecular complexity index is 968. The molecule has 0 spiro atoms. The van der Waals surface area contributed by atoms with Gasteiger partial charge in [-0.1, -0.05) is 66.7 Å². The van der Waals surface area contributed by atoms with Crippen LogP contribution in [0.4, 0.5) is 0 Å². The molecule has 0 amide bonds. The van der Waals surface area contributed by atoms with Crippen LogP contribution in [0.2, 0.25) is 0 Å². The quantitative estimate of drug-likeness (QED) is 0.575. The third kappa shape index (κ3) is 4.31. The molecule has 0 radical (unpaired) electrons. The fourth-order valence-electron chi connectivity index (χ4n) is 3.96. The molecule has 1 aliphatic rings. The van der Waals surface area contributed by atoms with Gasteiger partial charge >= 0.3 is 0 Å². The van der Waals surface area contributed by atoms with Crippen LogP contribution in [0, 0.1) is 5.92 Å². The molecule has 1 unspecified atom stereocenters. The second-order valence-electron chi connectivity index (χ2n) is 7.88. The first kappa shape index (κ1) is 19.2. The van der Waals surface area contributed by atoms with Gasteiger partial charge < -0.3 is 5.11 Å². The number of fused-ring (bicyclic) bond motifs is 1. The maximum atomic E-state index is 9.92. The van der Waals surface area contributed by atoms with Crippen molar-refractivity contribution in [2.45, 2.75) is 31.7 Å². The van der Waals surface area contributed by atoms with Crippen molar-refractivity contribution in [3.05, 3.63) is 83.9 Å². The molecular formula is C25H27NOS. The molecule has 0 saturated carbocycles. The van der Waals surface area contributed by atoms with E-state index in [4.69, 9.17) is 4.99 Å². The summed E-state index contributed by atoms with van der Waals surface area (Å²) in [5, 5.41) is 13.6. The number of nitrogens with zero attached hydrogens (tertiary/aromatic N) is 1. The van der Waals surface area contributed by atoms with Crippen molar-refractivity contribution < 1.29 is 5.11 Å². The minimum atomic E-state index is -0.183. The molecule has 0 fully saturated rings. The van der Waals surface area contributed by atoms with Gasteiger partial charge in [-0.15, -0.1) is 11.8 Å². The summed E-state index contributed by atoms with van der Waals surface area (Å²) in [4.78, 5) is 5.19. The molecule has 3 heteroatoms. The van der Waals surface area contributed by atoms with Gasteiger partial charge in [-0.05, 0) is 53.6 Å². The zero-order chi connectivity index (χ0) is 19.4. The molecule has 2 nitrogen and oxygen atoms in total. The molecule has 28 heavy (non-hydrogen) atoms. The van der Waals surface area contributed by atoms with Crippen molar-refractivity contribution in [1.29, 1.82) is 0 Å². The number of aliphatic hydroxyl groups excluding tert-OH is 1. The lowest BCUT2D eigenvalue weighted by Gasteiger charge is -2.32. The largest absolute Gasteiger partial charge is 0.396 e. The summed E-state index contributed by atoms with van der Waals surface area (Å²) in [6.45, 7) is 2.45. The zero-order valence-corrected chi connectivity index (χ0v) is 17.2. The molecule has 0 aromatic heterocycles. The number of rotatable bonds is 6. The minimum absolute atomic E-state index is 0.183. The first-order chi connectivity index (χ1) is 13.7. The lowest BCUT2D eigenvalue weighted by atomic mass is 9.88. The number of aliphatic imine (C=N–C) groups is 1. The monoisotopic (exact) mass is 389 g/mol. The van der Waals surface area contributed by atoms with Crippen molar-refractivity contribution >= 4 is 27.6 Å². The zero-order valence-electron chi connectivity index (χ0n) is 16.3. The first-order valence-electron chi connectivity index (χ1n) is 10.0. The van der Waals surface area contributed by atoms with Gasteiger partial charge in [-0.3, -0.25) is 4.99 Å². The predicted octanol–water partition coefficient (Wildman–Crippen LogP) is 5.83. The average Bonchev–Trinajstić information content (AvgIpc) is 2.74. The van der Waals surface area contributed by atoms with E-state index >= 15 is 0 Å². The van der Waals surface area contributed by atoms with E-state index < -0.39 is 0 Å². The van der Waals surface area contributed by atoms with E-state index in [1.165, 1.54) is 26.9 Å². The van der Waals surface area contributed by atoms with Gasteiger partial charge in [0.2, 0.25) is 0 Å². The molecule has 0 aliphatic carbocycles. The summed E-state index contributed by atoms with van der Waals surface area (Å²) in [7, 11) is 0. The minimum Gasteiger partial charge on any atom is -0.396 e. The number of hydrogen-bond acceptors (Lipinski definition) is 3. The Morgan fingerprint density at radius 2 is 1.71 bits per heavy atom. The highest BCUT2D eigenvalue weighted by atomic mass is 32.2. The van der Waals surface area contributed by atoms with Gasteiger partial charge in [0.1, 0.15) is 0 Å². The summed E-state index contributed by atoms with van der Waals surface area (Å²) in [6.07, 6.45) is 2.78. The molecule has 4 rings (SSSR count). The first-order valence-corrected chi connectivity index (χ1v) is 11.0. The predicted molar refractivity (Wildman–Crippen MR) is 121 cm³/mol. The third-order valence-electron chi connectivity index (χ3n) is 5.69. The highest BCUT2D eigenvalue weighted by Crippen LogP contribution is 2.38. The van der Waals surface area contributed by atoms with Gasteiger partial charge in [0, 0.05) is 18.8 Å². The Kier molecular flexibility index (Phi) is 5.84. The number of aliphatic hydroxyl groups is 1. The standard InChI is InChI=1S/C25H27NOS/c1-25(23-12-11-21-9-5-6-10-22(21)17-23)13-14-28-24(26-25)16-20(18-27)15-19-7-3-2-4-8-19/h2-12,17,20,27H,13-16,18H2,1H3/t20-,25?/m1/s1. The Balaban J connectivity index is 1.55. The number of thioether (sulfide) groups is 1. The maximum absolute atomic E-state index is 9.92. The van der Waals surface area contributed by atoms with Crippen LogP contribution in [0.3, 0.4) is 0 Å². The van der Waals surface area contributed by atoms with E-state index in [2.05, 4.69) is 73.7 Å². The molecule has 2 atom stereocenters. The van der Waals surface area contributed by atoms with Crippen LogP contribution in [0.15, 0.2) is 77.8 Å². The van der Waals surface area contributed by atoms with Crippen molar-refractivity contribution in [3.63, 3.8) is 0 Å². The molecule has 3 aromatic rings. The second kappa shape index (κ2) is 8.50. The van der Waals surface area contributed by atoms with Gasteiger partial charge in [-0.2, -0.15) is 0 Å². The van der Waals surface area contributed by atoms with Gasteiger partial charge in [0.05, 0.1) is 10.6 Å². The van der Waals surface area contributed by atoms with Gasteiger partial charge in [-0.25, -0.2) is 0 Å². The van der Waals surface area contributed by atoms with E-state index in [0.717, 1.165) is 25.0 Å². The highest BCUT2D eigenvalue weighted by Gasteiger charge is 2.30. The lowest BCUT2D eigenvalue weighted by molar-refractivity contribution is 0.230. The highest BCUT2D eigenvalue weighted by molar-refractivity contribution is 8.14. The summed E-state index contributed by atoms with van der Waals surface area (Å²) in [5.74, 6) is 1.29. The van der Waals surface area contributed by atoms with Crippen molar-refractivity contribution in [1.82, 2.24) is 0 Å². The molecule has 1 heterocycles. The number of benzene rings is 3. The van der Waals surface area contributed by atoms with Crippen molar-refractivity contribution in [3.8, 4) is 0 Å². The third-order valence-corrected chi connectivity index (χ3v) is 6.69. The average molecular weight is 390 g/mol. The molecule has 0 bridgehead atoms. The SMILES string of the molecule is CC1(c2ccc3ccccc3c2)CCSC(C[C@H](CO)Cc2ccccc2)=N1. The molecule has 1 N–H and O–H groups in total. The summed E-state index contributed by atoms with van der Waals surface area (Å²) < 4.78 is 0. The number of hydrogen-bond donors (Lipinski definition) is 1. The second-order valence-corrected chi connectivity index (χ2v) is 9.05. The van der Waals surface area contributed by atoms with Gasteiger partial charge in [0.15, 0.2) is 0 Å². The molecule has 144 valence electrons. The Hall–Kier alpha value is -2.10. The maximum Gasteiger partial charge on any atom is 0.0846 e. The van der Waals surface area contributed by atoms with Crippen LogP contribution in [0.5, 0.6) is 0 Å². The molecule has 1 aliphatic heterocycles. The fourth-order valence-corrected chi connectivity index (χ4v) is 5.32. The van der Waals surface area contributed by atoms with Crippen molar-refractivity contribution in [2.75, 3.05) is 12.4 Å². The summed E-state index contributed by atoms with van der Waals surface area (Å²) >= 11 is 1.86. The van der Waals surface area contributed by atoms with E-state index in [1.807, 2.05) is 17.8 Å². The Morgan fingerprint density at radius 1 is 0.964 bits per heavy atom. The fraction of sp³-hybridized carbons (Fsp3) is 0.320. The van der Waals surface area contributed by atoms with Crippen LogP contribution in [0.1, 0.15) is 30.9 Å². The van der Waals surface area contributed by atoms with E-state index in [9.17, 15) is 5.11 Å². The molecular weight excluding hydrogens is 362 g/mol. The molecule has 0 saturated heterocycles. The summed E-state index contributed by atoms with van der Waals surface area (Å²) in [6, 6.07) is 25.7. The van der Waals surface area contributed by atoms with Crippen molar-refractivity contribution in [2.24, 2.45) is 10.9 Å². The van der Waals surface area contributed by atoms with E-state index in [1.54, 1.807) is 0 Å². The van der Waals surface area contributed by atoms with E-state index in [0.29, 0.717) is 0 Å². The van der Waals surface area contributed by atoms with Crippen LogP contribution in [-0.2, 0) is 12.0 Å². The lowest BCUT2D eigenvalue weighted by Crippen LogP contribution is -2.27. The van der Waals surface area contributed by atoms with Crippen LogP contribution >= 0.6 is 11.8 Å². The Morgan fingerprint density at radius 3 is 2.50 bits per heavy atom. The van der Waals surface area contributed by atoms with Crippen LogP contribution in [-0.4, -0.2) is 22.5 Å². The Labute approximate surface area is 171 Å². The van der Waals surface area contributed by atoms with Crippen LogP contribution in [0.25, 0.3) is 10.8 Å². The van der Waals surface area contributed by atoms with Crippen LogP contribution < -0.4 is 0 Å². The topological polar surface area (TPSA) is 32.6 Å².